The largest absolute Gasteiger partial charge is 1.00 e. The Morgan fingerprint density at radius 1 is 1.08 bits per heavy atom. The van der Waals surface area contributed by atoms with Gasteiger partial charge < -0.3 is 4.98 Å². The quantitative estimate of drug-likeness (QED) is 0.353. The Morgan fingerprint density at radius 3 is 2.35 bits per heavy atom. The first-order valence-corrected chi connectivity index (χ1v) is 8.21. The van der Waals surface area contributed by atoms with Gasteiger partial charge >= 0.3 is 19.8 Å². The number of hydrogen-bond acceptors (Lipinski definition) is 3. The molecule has 0 saturated heterocycles. The normalized spacial score (nSPS) is 10.6. The first-order chi connectivity index (χ1) is 11.9. The van der Waals surface area contributed by atoms with E-state index in [0.717, 1.165) is 16.8 Å². The molecule has 4 heteroatoms. The molecule has 0 aliphatic rings. The molecule has 135 valence electrons. The maximum Gasteiger partial charge on any atom is 1.00 e. The molecular formula is C22H23N2OOs. The fraction of sp³-hybridized carbons (Fsp3) is 0.227. The van der Waals surface area contributed by atoms with Crippen LogP contribution in [0.1, 0.15) is 25.0 Å². The Hall–Kier alpha value is -2.17. The summed E-state index contributed by atoms with van der Waals surface area (Å²) in [6.45, 7) is 7.38. The molecule has 3 nitrogen and oxygen atoms in total. The van der Waals surface area contributed by atoms with E-state index in [1.165, 1.54) is 23.3 Å². The van der Waals surface area contributed by atoms with Gasteiger partial charge in [-0.2, -0.15) is 0 Å². The third-order valence-electron chi connectivity index (χ3n) is 3.92. The summed E-state index contributed by atoms with van der Waals surface area (Å²) in [5, 5.41) is 2.40. The molecule has 1 radical (unpaired) electrons. The van der Waals surface area contributed by atoms with Crippen LogP contribution in [0.3, 0.4) is 0 Å². The predicted octanol–water partition coefficient (Wildman–Crippen LogP) is 4.98. The second kappa shape index (κ2) is 10.1. The minimum Gasteiger partial charge on any atom is -0.304 e. The molecule has 0 unspecified atom stereocenters. The summed E-state index contributed by atoms with van der Waals surface area (Å²) in [6, 6.07) is 18.0. The average Bonchev–Trinajstić information content (AvgIpc) is 2.60. The molecule has 0 amide bonds. The van der Waals surface area contributed by atoms with Crippen molar-refractivity contribution in [3.63, 3.8) is 0 Å². The molecule has 3 aromatic rings. The molecule has 1 aromatic heterocycles. The van der Waals surface area contributed by atoms with E-state index in [1.54, 1.807) is 14.0 Å². The molecule has 0 bridgehead atoms. The number of ketones is 1. The van der Waals surface area contributed by atoms with Gasteiger partial charge in [0, 0.05) is 20.2 Å². The number of fused-ring (bicyclic) bond motifs is 1. The summed E-state index contributed by atoms with van der Waals surface area (Å²) in [4.78, 5) is 18.4. The Kier molecular flexibility index (Phi) is 8.49. The molecular weight excluding hydrogens is 498 g/mol. The van der Waals surface area contributed by atoms with Crippen LogP contribution in [-0.2, 0) is 24.6 Å². The van der Waals surface area contributed by atoms with Crippen LogP contribution in [0.4, 0.5) is 0 Å². The van der Waals surface area contributed by atoms with Crippen molar-refractivity contribution in [2.24, 2.45) is 4.99 Å². The smallest absolute Gasteiger partial charge is 0.304 e. The SMILES string of the molecule is CN=C(C)C(C)=O.Cc1[c-]c(-c2nccc3ccccc23)cc(C)c1.[Os+]. The van der Waals surface area contributed by atoms with E-state index in [2.05, 4.69) is 66.3 Å². The number of pyridine rings is 1. The molecule has 26 heavy (non-hydrogen) atoms. The van der Waals surface area contributed by atoms with Crippen LogP contribution in [0.2, 0.25) is 0 Å². The molecule has 0 saturated carbocycles. The average molecular weight is 522 g/mol. The zero-order chi connectivity index (χ0) is 18.4. The number of aromatic nitrogens is 1. The van der Waals surface area contributed by atoms with Crippen molar-refractivity contribution in [3.05, 3.63) is 65.9 Å². The van der Waals surface area contributed by atoms with Gasteiger partial charge in [-0.15, -0.1) is 34.9 Å². The molecule has 3 rings (SSSR count). The van der Waals surface area contributed by atoms with Gasteiger partial charge in [-0.25, -0.2) is 0 Å². The van der Waals surface area contributed by atoms with Gasteiger partial charge in [0.2, 0.25) is 0 Å². The van der Waals surface area contributed by atoms with Crippen molar-refractivity contribution in [1.29, 1.82) is 0 Å². The minimum absolute atomic E-state index is 0. The van der Waals surface area contributed by atoms with Gasteiger partial charge in [0.25, 0.3) is 0 Å². The third-order valence-corrected chi connectivity index (χ3v) is 3.92. The van der Waals surface area contributed by atoms with E-state index in [-0.39, 0.29) is 25.6 Å². The Bertz CT molecular complexity index is 907. The number of carbonyl (C=O) groups is 1. The summed E-state index contributed by atoms with van der Waals surface area (Å²) in [5.41, 5.74) is 5.07. The van der Waals surface area contributed by atoms with Crippen LogP contribution in [0, 0.1) is 19.9 Å². The van der Waals surface area contributed by atoms with Gasteiger partial charge in [-0.1, -0.05) is 38.1 Å². The first kappa shape index (κ1) is 21.9. The first-order valence-electron chi connectivity index (χ1n) is 8.21. The molecule has 1 heterocycles. The Balaban J connectivity index is 0.000000366. The topological polar surface area (TPSA) is 42.3 Å². The number of hydrogen-bond donors (Lipinski definition) is 0. The number of aliphatic imine (C=N–C) groups is 1. The maximum absolute atomic E-state index is 10.2. The molecule has 0 aliphatic carbocycles. The van der Waals surface area contributed by atoms with E-state index in [0.29, 0.717) is 5.71 Å². The van der Waals surface area contributed by atoms with Crippen LogP contribution in [-0.4, -0.2) is 23.5 Å². The van der Waals surface area contributed by atoms with Crippen molar-refractivity contribution < 1.29 is 24.6 Å². The number of benzene rings is 2. The molecule has 0 atom stereocenters. The number of aryl methyl sites for hydroxylation is 2. The van der Waals surface area contributed by atoms with E-state index < -0.39 is 0 Å². The molecule has 0 aliphatic heterocycles. The standard InChI is InChI=1S/C17H14N.C5H9NO.Os/c1-12-9-13(2)11-15(10-12)17-16-6-4-3-5-14(16)7-8-18-17;1-4(6-3)5(2)7;/h3-10H,1-2H3;1-3H3;/q-1;;+1. The molecule has 0 fully saturated rings. The fourth-order valence-electron chi connectivity index (χ4n) is 2.51. The van der Waals surface area contributed by atoms with E-state index >= 15 is 0 Å². The summed E-state index contributed by atoms with van der Waals surface area (Å²) in [5.74, 6) is 0.0440. The molecule has 0 N–H and O–H groups in total. The van der Waals surface area contributed by atoms with Crippen molar-refractivity contribution in [2.75, 3.05) is 7.05 Å². The maximum atomic E-state index is 10.2. The van der Waals surface area contributed by atoms with Crippen LogP contribution in [0.15, 0.2) is 53.7 Å². The van der Waals surface area contributed by atoms with Gasteiger partial charge in [-0.05, 0) is 29.5 Å². The van der Waals surface area contributed by atoms with Crippen molar-refractivity contribution in [3.8, 4) is 11.3 Å². The summed E-state index contributed by atoms with van der Waals surface area (Å²) < 4.78 is 0. The summed E-state index contributed by atoms with van der Waals surface area (Å²) in [6.07, 6.45) is 1.86. The zero-order valence-corrected chi connectivity index (χ0v) is 18.3. The molecule has 2 aromatic carbocycles. The van der Waals surface area contributed by atoms with Crippen molar-refractivity contribution >= 4 is 22.3 Å². The van der Waals surface area contributed by atoms with Gasteiger partial charge in [-0.3, -0.25) is 9.79 Å². The van der Waals surface area contributed by atoms with Crippen LogP contribution in [0.25, 0.3) is 22.0 Å². The number of carbonyl (C=O) groups excluding carboxylic acids is 1. The second-order valence-corrected chi connectivity index (χ2v) is 6.00. The second-order valence-electron chi connectivity index (χ2n) is 6.00. The zero-order valence-electron chi connectivity index (χ0n) is 15.8. The van der Waals surface area contributed by atoms with Crippen LogP contribution < -0.4 is 0 Å². The van der Waals surface area contributed by atoms with Crippen molar-refractivity contribution in [1.82, 2.24) is 4.98 Å². The predicted molar refractivity (Wildman–Crippen MR) is 105 cm³/mol. The van der Waals surface area contributed by atoms with Gasteiger partial charge in [0.15, 0.2) is 5.78 Å². The summed E-state index contributed by atoms with van der Waals surface area (Å²) >= 11 is 0. The van der Waals surface area contributed by atoms with Gasteiger partial charge in [0.05, 0.1) is 5.71 Å². The van der Waals surface area contributed by atoms with E-state index in [9.17, 15) is 4.79 Å². The third kappa shape index (κ3) is 5.68. The Morgan fingerprint density at radius 2 is 1.77 bits per heavy atom. The van der Waals surface area contributed by atoms with E-state index in [1.807, 2.05) is 12.3 Å². The Labute approximate surface area is 168 Å². The van der Waals surface area contributed by atoms with Crippen LogP contribution in [0.5, 0.6) is 0 Å². The monoisotopic (exact) mass is 523 g/mol. The fourth-order valence-corrected chi connectivity index (χ4v) is 2.51. The number of rotatable bonds is 2. The van der Waals surface area contributed by atoms with Crippen molar-refractivity contribution in [2.45, 2.75) is 27.7 Å². The minimum atomic E-state index is 0. The van der Waals surface area contributed by atoms with E-state index in [4.69, 9.17) is 0 Å². The number of Topliss-reactive ketones (excluding diaryl/α,β-unsaturated/α-hetero) is 1. The van der Waals surface area contributed by atoms with Gasteiger partial charge in [0.1, 0.15) is 0 Å². The number of nitrogens with zero attached hydrogens (tertiary/aromatic N) is 2. The van der Waals surface area contributed by atoms with Crippen LogP contribution >= 0.6 is 0 Å². The molecule has 0 spiro atoms. The summed E-state index contributed by atoms with van der Waals surface area (Å²) in [7, 11) is 1.61.